The van der Waals surface area contributed by atoms with E-state index in [0.29, 0.717) is 16.5 Å². The molecule has 3 aromatic rings. The number of carbonyl (C=O) groups excluding carboxylic acids is 1. The van der Waals surface area contributed by atoms with Crippen molar-refractivity contribution >= 4 is 50.5 Å². The molecular formula is C23H21Cl2N3O4S. The minimum atomic E-state index is -4.07. The molecule has 0 unspecified atom stereocenters. The number of nitrogens with zero attached hydrogens (tertiary/aromatic N) is 2. The number of halogens is 2. The van der Waals surface area contributed by atoms with E-state index >= 15 is 0 Å². The average Bonchev–Trinajstić information content (AvgIpc) is 2.82. The predicted octanol–water partition coefficient (Wildman–Crippen LogP) is 4.74. The lowest BCUT2D eigenvalue weighted by atomic mass is 10.1. The standard InChI is InChI=1S/C23H21Cl2N3O4S/c1-16(17-8-10-18(24)11-9-17)26-27-23(29)15-28(19-12-13-22(32-2)21(25)14-19)33(30,31)20-6-4-3-5-7-20/h3-14H,15H2,1-2H3,(H,27,29)/b26-16-. The zero-order valence-corrected chi connectivity index (χ0v) is 20.2. The Morgan fingerprint density at radius 2 is 1.70 bits per heavy atom. The van der Waals surface area contributed by atoms with Gasteiger partial charge in [-0.15, -0.1) is 0 Å². The van der Waals surface area contributed by atoms with Crippen LogP contribution in [0.1, 0.15) is 12.5 Å². The monoisotopic (exact) mass is 505 g/mol. The molecular weight excluding hydrogens is 485 g/mol. The zero-order chi connectivity index (χ0) is 24.0. The van der Waals surface area contributed by atoms with Crippen LogP contribution in [0.2, 0.25) is 10.0 Å². The second-order valence-electron chi connectivity index (χ2n) is 6.88. The fraction of sp³-hybridized carbons (Fsp3) is 0.130. The molecule has 33 heavy (non-hydrogen) atoms. The Bertz CT molecular complexity index is 1260. The molecule has 0 spiro atoms. The van der Waals surface area contributed by atoms with Crippen LogP contribution in [0.4, 0.5) is 5.69 Å². The first-order valence-corrected chi connectivity index (χ1v) is 11.9. The molecule has 0 fully saturated rings. The van der Waals surface area contributed by atoms with Crippen molar-refractivity contribution in [1.82, 2.24) is 5.43 Å². The average molecular weight is 506 g/mol. The van der Waals surface area contributed by atoms with Crippen LogP contribution in [0.15, 0.2) is 82.8 Å². The summed E-state index contributed by atoms with van der Waals surface area (Å²) in [6.07, 6.45) is 0. The molecule has 1 N–H and O–H groups in total. The topological polar surface area (TPSA) is 88.1 Å². The van der Waals surface area contributed by atoms with Gasteiger partial charge < -0.3 is 4.74 Å². The van der Waals surface area contributed by atoms with E-state index in [-0.39, 0.29) is 15.6 Å². The van der Waals surface area contributed by atoms with Crippen LogP contribution >= 0.6 is 23.2 Å². The zero-order valence-electron chi connectivity index (χ0n) is 17.8. The largest absolute Gasteiger partial charge is 0.495 e. The summed E-state index contributed by atoms with van der Waals surface area (Å²) >= 11 is 12.1. The third kappa shape index (κ3) is 6.04. The lowest BCUT2D eigenvalue weighted by Gasteiger charge is -2.24. The second kappa shape index (κ2) is 10.7. The first kappa shape index (κ1) is 24.6. The van der Waals surface area contributed by atoms with E-state index in [1.54, 1.807) is 49.4 Å². The van der Waals surface area contributed by atoms with Crippen molar-refractivity contribution in [3.63, 3.8) is 0 Å². The highest BCUT2D eigenvalue weighted by molar-refractivity contribution is 7.92. The summed E-state index contributed by atoms with van der Waals surface area (Å²) in [7, 11) is -2.62. The summed E-state index contributed by atoms with van der Waals surface area (Å²) in [6.45, 7) is 1.20. The van der Waals surface area contributed by atoms with Crippen LogP contribution in [0.25, 0.3) is 0 Å². The van der Waals surface area contributed by atoms with Gasteiger partial charge in [0, 0.05) is 5.02 Å². The number of hydrogen-bond donors (Lipinski definition) is 1. The van der Waals surface area contributed by atoms with Crippen LogP contribution in [0, 0.1) is 0 Å². The van der Waals surface area contributed by atoms with Crippen molar-refractivity contribution in [3.05, 3.63) is 88.4 Å². The number of hydrazone groups is 1. The minimum Gasteiger partial charge on any atom is -0.495 e. The maximum atomic E-state index is 13.3. The van der Waals surface area contributed by atoms with Crippen molar-refractivity contribution in [1.29, 1.82) is 0 Å². The third-order valence-corrected chi connectivity index (χ3v) is 6.99. The first-order valence-electron chi connectivity index (χ1n) is 9.73. The molecule has 7 nitrogen and oxygen atoms in total. The van der Waals surface area contributed by atoms with Gasteiger partial charge in [0.05, 0.1) is 28.4 Å². The van der Waals surface area contributed by atoms with Gasteiger partial charge in [0.2, 0.25) is 0 Å². The number of nitrogens with one attached hydrogen (secondary N) is 1. The van der Waals surface area contributed by atoms with Crippen LogP contribution in [-0.2, 0) is 14.8 Å². The van der Waals surface area contributed by atoms with Crippen molar-refractivity contribution < 1.29 is 17.9 Å². The van der Waals surface area contributed by atoms with E-state index in [2.05, 4.69) is 10.5 Å². The van der Waals surface area contributed by atoms with E-state index in [4.69, 9.17) is 27.9 Å². The molecule has 10 heteroatoms. The van der Waals surface area contributed by atoms with E-state index < -0.39 is 22.5 Å². The van der Waals surface area contributed by atoms with E-state index in [9.17, 15) is 13.2 Å². The molecule has 3 rings (SSSR count). The number of anilines is 1. The predicted molar refractivity (Wildman–Crippen MR) is 131 cm³/mol. The van der Waals surface area contributed by atoms with Gasteiger partial charge in [-0.05, 0) is 55.0 Å². The van der Waals surface area contributed by atoms with Crippen molar-refractivity contribution in [2.45, 2.75) is 11.8 Å². The summed E-state index contributed by atoms with van der Waals surface area (Å²) in [5, 5.41) is 4.86. The molecule has 172 valence electrons. The van der Waals surface area contributed by atoms with E-state index in [1.165, 1.54) is 37.4 Å². The molecule has 0 aliphatic rings. The summed E-state index contributed by atoms with van der Waals surface area (Å²) in [6, 6.07) is 19.2. The lowest BCUT2D eigenvalue weighted by molar-refractivity contribution is -0.119. The van der Waals surface area contributed by atoms with Crippen LogP contribution < -0.4 is 14.5 Å². The SMILES string of the molecule is COc1ccc(N(CC(=O)N/N=C(/C)c2ccc(Cl)cc2)S(=O)(=O)c2ccccc2)cc1Cl. The third-order valence-electron chi connectivity index (χ3n) is 4.65. The lowest BCUT2D eigenvalue weighted by Crippen LogP contribution is -2.39. The quantitative estimate of drug-likeness (QED) is 0.353. The number of carbonyl (C=O) groups is 1. The smallest absolute Gasteiger partial charge is 0.264 e. The van der Waals surface area contributed by atoms with E-state index in [1.807, 2.05) is 0 Å². The van der Waals surface area contributed by atoms with Crippen molar-refractivity contribution in [2.24, 2.45) is 5.10 Å². The Labute approximate surface area is 202 Å². The number of benzene rings is 3. The molecule has 0 aliphatic heterocycles. The van der Waals surface area contributed by atoms with Gasteiger partial charge in [0.15, 0.2) is 0 Å². The van der Waals surface area contributed by atoms with Crippen molar-refractivity contribution in [2.75, 3.05) is 18.0 Å². The molecule has 0 atom stereocenters. The van der Waals surface area contributed by atoms with E-state index in [0.717, 1.165) is 9.87 Å². The van der Waals surface area contributed by atoms with Crippen LogP contribution in [0.3, 0.4) is 0 Å². The summed E-state index contributed by atoms with van der Waals surface area (Å²) in [5.74, 6) is -0.250. The number of hydrogen-bond acceptors (Lipinski definition) is 5. The Morgan fingerprint density at radius 3 is 2.30 bits per heavy atom. The van der Waals surface area contributed by atoms with Gasteiger partial charge in [-0.1, -0.05) is 53.5 Å². The Morgan fingerprint density at radius 1 is 1.03 bits per heavy atom. The van der Waals surface area contributed by atoms with Gasteiger partial charge in [-0.25, -0.2) is 13.8 Å². The maximum Gasteiger partial charge on any atom is 0.264 e. The molecule has 0 aromatic heterocycles. The molecule has 0 saturated carbocycles. The Hall–Kier alpha value is -3.07. The fourth-order valence-corrected chi connectivity index (χ4v) is 4.72. The summed E-state index contributed by atoms with van der Waals surface area (Å²) < 4.78 is 32.8. The Balaban J connectivity index is 1.89. The molecule has 0 bridgehead atoms. The molecule has 1 amide bonds. The summed E-state index contributed by atoms with van der Waals surface area (Å²) in [4.78, 5) is 12.7. The first-order chi connectivity index (χ1) is 15.7. The molecule has 0 radical (unpaired) electrons. The second-order valence-corrected chi connectivity index (χ2v) is 9.59. The van der Waals surface area contributed by atoms with Gasteiger partial charge in [-0.2, -0.15) is 5.10 Å². The van der Waals surface area contributed by atoms with Crippen LogP contribution in [-0.4, -0.2) is 33.7 Å². The number of ether oxygens (including phenoxy) is 1. The molecule has 0 heterocycles. The Kier molecular flexibility index (Phi) is 7.97. The highest BCUT2D eigenvalue weighted by Crippen LogP contribution is 2.31. The number of methoxy groups -OCH3 is 1. The van der Waals surface area contributed by atoms with Gasteiger partial charge in [0.1, 0.15) is 12.3 Å². The highest BCUT2D eigenvalue weighted by atomic mass is 35.5. The van der Waals surface area contributed by atoms with Crippen molar-refractivity contribution in [3.8, 4) is 5.75 Å². The van der Waals surface area contributed by atoms with Gasteiger partial charge in [-0.3, -0.25) is 9.10 Å². The molecule has 0 aliphatic carbocycles. The number of amides is 1. The molecule has 3 aromatic carbocycles. The number of sulfonamides is 1. The number of rotatable bonds is 8. The van der Waals surface area contributed by atoms with Crippen LogP contribution in [0.5, 0.6) is 5.75 Å². The maximum absolute atomic E-state index is 13.3. The normalized spacial score (nSPS) is 11.7. The highest BCUT2D eigenvalue weighted by Gasteiger charge is 2.27. The minimum absolute atomic E-state index is 0.0330. The van der Waals surface area contributed by atoms with Gasteiger partial charge in [0.25, 0.3) is 15.9 Å². The fourth-order valence-electron chi connectivity index (χ4n) is 2.91. The summed E-state index contributed by atoms with van der Waals surface area (Å²) in [5.41, 5.74) is 3.91. The molecule has 0 saturated heterocycles. The van der Waals surface area contributed by atoms with Gasteiger partial charge >= 0.3 is 0 Å².